The SMILES string of the molecule is COc1cc(Br)cc(/C=C(\Sc2nnc(C)o2)C(=O)O)c1[O-]. The van der Waals surface area contributed by atoms with Crippen LogP contribution in [0.5, 0.6) is 11.5 Å². The molecular weight excluding hydrogens is 376 g/mol. The Hall–Kier alpha value is -2.00. The molecule has 1 N–H and O–H groups in total. The van der Waals surface area contributed by atoms with Gasteiger partial charge in [0.15, 0.2) is 0 Å². The van der Waals surface area contributed by atoms with E-state index >= 15 is 0 Å². The molecule has 116 valence electrons. The molecule has 0 fully saturated rings. The van der Waals surface area contributed by atoms with Gasteiger partial charge in [-0.3, -0.25) is 0 Å². The summed E-state index contributed by atoms with van der Waals surface area (Å²) >= 11 is 4.01. The van der Waals surface area contributed by atoms with Crippen LogP contribution in [0.2, 0.25) is 0 Å². The zero-order valence-electron chi connectivity index (χ0n) is 11.5. The quantitative estimate of drug-likeness (QED) is 0.617. The number of nitrogens with zero attached hydrogens (tertiary/aromatic N) is 2. The first-order valence-corrected chi connectivity index (χ1v) is 7.49. The highest BCUT2D eigenvalue weighted by Gasteiger charge is 2.15. The summed E-state index contributed by atoms with van der Waals surface area (Å²) in [5, 5.41) is 28.8. The standard InChI is InChI=1S/C13H11BrN2O5S/c1-6-15-16-13(21-6)22-10(12(18)19)4-7-3-8(14)5-9(20-2)11(7)17/h3-5,17H,1-2H3,(H,18,19)/p-1/b10-4-. The van der Waals surface area contributed by atoms with E-state index in [4.69, 9.17) is 9.15 Å². The summed E-state index contributed by atoms with van der Waals surface area (Å²) < 4.78 is 10.7. The second-order valence-corrected chi connectivity index (χ2v) is 5.94. The Labute approximate surface area is 138 Å². The number of methoxy groups -OCH3 is 1. The predicted molar refractivity (Wildman–Crippen MR) is 80.6 cm³/mol. The van der Waals surface area contributed by atoms with E-state index in [1.54, 1.807) is 6.92 Å². The average Bonchev–Trinajstić information content (AvgIpc) is 2.86. The van der Waals surface area contributed by atoms with E-state index in [9.17, 15) is 15.0 Å². The van der Waals surface area contributed by atoms with Crippen molar-refractivity contribution in [3.05, 3.63) is 33.0 Å². The van der Waals surface area contributed by atoms with Crippen molar-refractivity contribution in [2.45, 2.75) is 12.1 Å². The van der Waals surface area contributed by atoms with Crippen molar-refractivity contribution in [2.75, 3.05) is 7.11 Å². The van der Waals surface area contributed by atoms with Crippen LogP contribution in [0.25, 0.3) is 6.08 Å². The summed E-state index contributed by atoms with van der Waals surface area (Å²) in [5.41, 5.74) is 0.173. The van der Waals surface area contributed by atoms with Crippen molar-refractivity contribution in [3.63, 3.8) is 0 Å². The van der Waals surface area contributed by atoms with Gasteiger partial charge < -0.3 is 19.4 Å². The molecule has 1 aromatic carbocycles. The van der Waals surface area contributed by atoms with Crippen LogP contribution in [0.1, 0.15) is 11.5 Å². The fourth-order valence-corrected chi connectivity index (χ4v) is 2.70. The molecule has 2 aromatic rings. The third-order valence-electron chi connectivity index (χ3n) is 2.47. The molecule has 0 spiro atoms. The second kappa shape index (κ2) is 6.84. The molecule has 7 nitrogen and oxygen atoms in total. The highest BCUT2D eigenvalue weighted by molar-refractivity contribution is 9.10. The lowest BCUT2D eigenvalue weighted by Gasteiger charge is -2.16. The highest BCUT2D eigenvalue weighted by atomic mass is 79.9. The monoisotopic (exact) mass is 385 g/mol. The minimum absolute atomic E-state index is 0.0839. The van der Waals surface area contributed by atoms with Crippen molar-refractivity contribution in [3.8, 4) is 11.5 Å². The van der Waals surface area contributed by atoms with E-state index in [1.807, 2.05) is 0 Å². The van der Waals surface area contributed by atoms with Gasteiger partial charge in [0.2, 0.25) is 5.89 Å². The number of carboxylic acid groups (broad SMARTS) is 1. The predicted octanol–water partition coefficient (Wildman–Crippen LogP) is 2.44. The lowest BCUT2D eigenvalue weighted by molar-refractivity contribution is -0.270. The Morgan fingerprint density at radius 2 is 2.23 bits per heavy atom. The smallest absolute Gasteiger partial charge is 0.342 e. The number of ether oxygens (including phenoxy) is 1. The van der Waals surface area contributed by atoms with E-state index in [1.165, 1.54) is 25.3 Å². The van der Waals surface area contributed by atoms with Gasteiger partial charge in [-0.2, -0.15) is 0 Å². The van der Waals surface area contributed by atoms with Crippen LogP contribution in [0.15, 0.2) is 31.2 Å². The fraction of sp³-hybridized carbons (Fsp3) is 0.154. The molecule has 0 aliphatic heterocycles. The van der Waals surface area contributed by atoms with E-state index in [-0.39, 0.29) is 21.4 Å². The molecule has 0 radical (unpaired) electrons. The summed E-state index contributed by atoms with van der Waals surface area (Å²) in [6.45, 7) is 1.59. The first-order chi connectivity index (χ1) is 10.4. The van der Waals surface area contributed by atoms with Crippen molar-refractivity contribution in [2.24, 2.45) is 0 Å². The maximum absolute atomic E-state index is 12.1. The van der Waals surface area contributed by atoms with Crippen molar-refractivity contribution < 1.29 is 24.2 Å². The molecule has 1 aromatic heterocycles. The van der Waals surface area contributed by atoms with Crippen LogP contribution in [-0.4, -0.2) is 28.4 Å². The first kappa shape index (κ1) is 16.4. The lowest BCUT2D eigenvalue weighted by Crippen LogP contribution is -2.01. The third-order valence-corrected chi connectivity index (χ3v) is 3.78. The molecule has 0 unspecified atom stereocenters. The van der Waals surface area contributed by atoms with Gasteiger partial charge >= 0.3 is 5.97 Å². The van der Waals surface area contributed by atoms with Gasteiger partial charge in [0.05, 0.1) is 7.11 Å². The molecule has 1 heterocycles. The van der Waals surface area contributed by atoms with Crippen LogP contribution in [0.3, 0.4) is 0 Å². The zero-order valence-corrected chi connectivity index (χ0v) is 13.9. The number of benzene rings is 1. The van der Waals surface area contributed by atoms with E-state index in [0.717, 1.165) is 11.8 Å². The van der Waals surface area contributed by atoms with Crippen molar-refractivity contribution >= 4 is 39.7 Å². The van der Waals surface area contributed by atoms with Crippen LogP contribution in [0.4, 0.5) is 0 Å². The molecule has 2 rings (SSSR count). The molecule has 0 aliphatic carbocycles. The highest BCUT2D eigenvalue weighted by Crippen LogP contribution is 2.35. The summed E-state index contributed by atoms with van der Waals surface area (Å²) in [5.74, 6) is -1.18. The van der Waals surface area contributed by atoms with E-state index in [0.29, 0.717) is 10.4 Å². The molecule has 0 aliphatic rings. The minimum atomic E-state index is -1.21. The second-order valence-electron chi connectivity index (χ2n) is 4.03. The molecular formula is C13H10BrN2O5S-. The largest absolute Gasteiger partial charge is 0.870 e. The van der Waals surface area contributed by atoms with Gasteiger partial charge in [0.25, 0.3) is 5.22 Å². The number of hydrogen-bond acceptors (Lipinski definition) is 7. The molecule has 0 saturated carbocycles. The third kappa shape index (κ3) is 3.80. The number of thioether (sulfide) groups is 1. The summed E-state index contributed by atoms with van der Waals surface area (Å²) in [6.07, 6.45) is 1.24. The zero-order chi connectivity index (χ0) is 16.3. The molecule has 22 heavy (non-hydrogen) atoms. The number of carbonyl (C=O) groups is 1. The average molecular weight is 386 g/mol. The normalized spacial score (nSPS) is 11.5. The Kier molecular flexibility index (Phi) is 5.09. The molecule has 9 heteroatoms. The fourth-order valence-electron chi connectivity index (χ4n) is 1.54. The van der Waals surface area contributed by atoms with Gasteiger partial charge in [-0.1, -0.05) is 21.7 Å². The van der Waals surface area contributed by atoms with Crippen molar-refractivity contribution in [1.29, 1.82) is 0 Å². The molecule has 0 bridgehead atoms. The number of hydrogen-bond donors (Lipinski definition) is 1. The van der Waals surface area contributed by atoms with Gasteiger partial charge in [0.1, 0.15) is 10.7 Å². The molecule has 0 amide bonds. The Bertz CT molecular complexity index is 744. The van der Waals surface area contributed by atoms with Gasteiger partial charge in [-0.25, -0.2) is 4.79 Å². The van der Waals surface area contributed by atoms with E-state index < -0.39 is 11.7 Å². The Balaban J connectivity index is 2.42. The number of rotatable bonds is 5. The van der Waals surface area contributed by atoms with Crippen LogP contribution >= 0.6 is 27.7 Å². The summed E-state index contributed by atoms with van der Waals surface area (Å²) in [4.78, 5) is 11.2. The topological polar surface area (TPSA) is 109 Å². The number of aromatic nitrogens is 2. The minimum Gasteiger partial charge on any atom is -0.870 e. The van der Waals surface area contributed by atoms with Crippen LogP contribution in [-0.2, 0) is 4.79 Å². The van der Waals surface area contributed by atoms with E-state index in [2.05, 4.69) is 26.1 Å². The van der Waals surface area contributed by atoms with Crippen LogP contribution < -0.4 is 9.84 Å². The maximum atomic E-state index is 12.1. The summed E-state index contributed by atoms with van der Waals surface area (Å²) in [7, 11) is 1.37. The Morgan fingerprint density at radius 1 is 1.50 bits per heavy atom. The molecule has 0 atom stereocenters. The molecule has 0 saturated heterocycles. The number of aryl methyl sites for hydroxylation is 1. The number of aliphatic carboxylic acids is 1. The summed E-state index contributed by atoms with van der Waals surface area (Å²) in [6, 6.07) is 3.02. The lowest BCUT2D eigenvalue weighted by atomic mass is 10.1. The van der Waals surface area contributed by atoms with Gasteiger partial charge in [-0.05, 0) is 35.5 Å². The van der Waals surface area contributed by atoms with Gasteiger partial charge in [-0.15, -0.1) is 10.2 Å². The van der Waals surface area contributed by atoms with Crippen LogP contribution in [0, 0.1) is 6.92 Å². The Morgan fingerprint density at radius 3 is 2.77 bits per heavy atom. The first-order valence-electron chi connectivity index (χ1n) is 5.88. The number of carboxylic acids is 1. The number of halogens is 1. The van der Waals surface area contributed by atoms with Crippen molar-refractivity contribution in [1.82, 2.24) is 10.2 Å². The van der Waals surface area contributed by atoms with Gasteiger partial charge in [0, 0.05) is 11.4 Å². The maximum Gasteiger partial charge on any atom is 0.342 e.